The van der Waals surface area contributed by atoms with Gasteiger partial charge in [-0.1, -0.05) is 12.8 Å². The van der Waals surface area contributed by atoms with Crippen LogP contribution in [0.3, 0.4) is 0 Å². The number of halogens is 1. The van der Waals surface area contributed by atoms with Crippen molar-refractivity contribution in [2.75, 3.05) is 0 Å². The summed E-state index contributed by atoms with van der Waals surface area (Å²) in [6.07, 6.45) is 10.0. The lowest BCUT2D eigenvalue weighted by Crippen LogP contribution is -2.03. The molecule has 1 fully saturated rings. The maximum atomic E-state index is 4.53. The van der Waals surface area contributed by atoms with Gasteiger partial charge >= 0.3 is 0 Å². The van der Waals surface area contributed by atoms with Crippen molar-refractivity contribution < 1.29 is 0 Å². The minimum Gasteiger partial charge on any atom is -0.337 e. The van der Waals surface area contributed by atoms with Gasteiger partial charge in [-0.25, -0.2) is 4.98 Å². The lowest BCUT2D eigenvalue weighted by molar-refractivity contribution is 0.763. The van der Waals surface area contributed by atoms with Crippen LogP contribution in [0.2, 0.25) is 0 Å². The molecule has 0 N–H and O–H groups in total. The predicted octanol–water partition coefficient (Wildman–Crippen LogP) is 3.94. The molecule has 99 valence electrons. The zero-order chi connectivity index (χ0) is 13.2. The van der Waals surface area contributed by atoms with Gasteiger partial charge in [0.05, 0.1) is 12.0 Å². The van der Waals surface area contributed by atoms with Gasteiger partial charge in [0.1, 0.15) is 5.69 Å². The summed E-state index contributed by atoms with van der Waals surface area (Å²) in [4.78, 5) is 8.99. The van der Waals surface area contributed by atoms with E-state index in [1.165, 1.54) is 31.4 Å². The third kappa shape index (κ3) is 2.73. The number of hydrogen-bond donors (Lipinski definition) is 0. The van der Waals surface area contributed by atoms with Gasteiger partial charge in [-0.05, 0) is 53.2 Å². The van der Waals surface area contributed by atoms with Crippen molar-refractivity contribution in [2.45, 2.75) is 32.1 Å². The van der Waals surface area contributed by atoms with E-state index in [2.05, 4.69) is 37.5 Å². The van der Waals surface area contributed by atoms with Gasteiger partial charge in [0.25, 0.3) is 0 Å². The van der Waals surface area contributed by atoms with E-state index in [4.69, 9.17) is 0 Å². The van der Waals surface area contributed by atoms with E-state index < -0.39 is 0 Å². The highest BCUT2D eigenvalue weighted by atomic mass is 79.9. The molecule has 0 atom stereocenters. The summed E-state index contributed by atoms with van der Waals surface area (Å²) in [5.41, 5.74) is 3.26. The fourth-order valence-electron chi connectivity index (χ4n) is 2.68. The van der Waals surface area contributed by atoms with E-state index in [1.54, 1.807) is 5.92 Å². The average Bonchev–Trinajstić information content (AvgIpc) is 3.03. The molecule has 0 aliphatic heterocycles. The average molecular weight is 319 g/mol. The van der Waals surface area contributed by atoms with Crippen LogP contribution in [0.4, 0.5) is 0 Å². The Labute approximate surface area is 122 Å². The molecule has 0 spiro atoms. The molecule has 0 unspecified atom stereocenters. The zero-order valence-electron chi connectivity index (χ0n) is 11.1. The molecule has 1 radical (unpaired) electrons. The summed E-state index contributed by atoms with van der Waals surface area (Å²) in [6, 6.07) is 4.04. The summed E-state index contributed by atoms with van der Waals surface area (Å²) in [7, 11) is 2.07. The zero-order valence-corrected chi connectivity index (χ0v) is 12.7. The monoisotopic (exact) mass is 318 g/mol. The fraction of sp³-hybridized carbons (Fsp3) is 0.400. The molecule has 0 saturated heterocycles. The summed E-state index contributed by atoms with van der Waals surface area (Å²) < 4.78 is 3.13. The molecule has 3 rings (SSSR count). The molecule has 2 heterocycles. The Morgan fingerprint density at radius 3 is 2.68 bits per heavy atom. The Kier molecular flexibility index (Phi) is 3.69. The smallest absolute Gasteiger partial charge is 0.110 e. The Balaban J connectivity index is 1.91. The highest BCUT2D eigenvalue weighted by molar-refractivity contribution is 9.10. The second-order valence-electron chi connectivity index (χ2n) is 5.15. The van der Waals surface area contributed by atoms with Crippen LogP contribution in [0.15, 0.2) is 29.1 Å². The molecule has 1 saturated carbocycles. The van der Waals surface area contributed by atoms with Crippen molar-refractivity contribution >= 4 is 15.9 Å². The van der Waals surface area contributed by atoms with E-state index in [9.17, 15) is 0 Å². The molecule has 3 nitrogen and oxygen atoms in total. The third-order valence-corrected chi connectivity index (χ3v) is 4.23. The molecular formula is C15H17BrN3. The van der Waals surface area contributed by atoms with Gasteiger partial charge in [0.15, 0.2) is 0 Å². The summed E-state index contributed by atoms with van der Waals surface area (Å²) in [5.74, 6) is 1.65. The molecule has 1 aliphatic carbocycles. The van der Waals surface area contributed by atoms with Crippen LogP contribution in [0, 0.1) is 5.92 Å². The topological polar surface area (TPSA) is 30.7 Å². The van der Waals surface area contributed by atoms with Crippen LogP contribution >= 0.6 is 15.9 Å². The van der Waals surface area contributed by atoms with Gasteiger partial charge < -0.3 is 4.57 Å². The molecule has 2 aromatic heterocycles. The Bertz CT molecular complexity index is 553. The first-order valence-corrected chi connectivity index (χ1v) is 7.49. The summed E-state index contributed by atoms with van der Waals surface area (Å²) in [6.45, 7) is 0. The first kappa shape index (κ1) is 12.9. The van der Waals surface area contributed by atoms with E-state index in [-0.39, 0.29) is 0 Å². The van der Waals surface area contributed by atoms with Crippen LogP contribution in [0.5, 0.6) is 0 Å². The Morgan fingerprint density at radius 2 is 2.00 bits per heavy atom. The van der Waals surface area contributed by atoms with Crippen molar-refractivity contribution in [3.8, 4) is 11.4 Å². The predicted molar refractivity (Wildman–Crippen MR) is 79.6 cm³/mol. The molecule has 0 amide bonds. The van der Waals surface area contributed by atoms with Gasteiger partial charge in [0, 0.05) is 23.4 Å². The van der Waals surface area contributed by atoms with Crippen molar-refractivity contribution in [1.29, 1.82) is 0 Å². The quantitative estimate of drug-likeness (QED) is 0.858. The Hall–Kier alpha value is -1.16. The van der Waals surface area contributed by atoms with Crippen molar-refractivity contribution in [3.63, 3.8) is 0 Å². The molecule has 0 aromatic carbocycles. The first-order chi connectivity index (χ1) is 9.24. The molecule has 19 heavy (non-hydrogen) atoms. The summed E-state index contributed by atoms with van der Waals surface area (Å²) in [5, 5.41) is 0. The maximum absolute atomic E-state index is 4.53. The molecule has 4 heteroatoms. The lowest BCUT2D eigenvalue weighted by atomic mass is 10.00. The van der Waals surface area contributed by atoms with Gasteiger partial charge in [-0.2, -0.15) is 0 Å². The first-order valence-electron chi connectivity index (χ1n) is 6.70. The van der Waals surface area contributed by atoms with Crippen LogP contribution in [-0.2, 0) is 13.5 Å². The van der Waals surface area contributed by atoms with Gasteiger partial charge in [-0.3, -0.25) is 4.98 Å². The van der Waals surface area contributed by atoms with E-state index in [1.807, 2.05) is 24.7 Å². The molecular weight excluding hydrogens is 302 g/mol. The van der Waals surface area contributed by atoms with Crippen LogP contribution in [0.25, 0.3) is 11.4 Å². The van der Waals surface area contributed by atoms with Crippen LogP contribution < -0.4 is 0 Å². The Morgan fingerprint density at radius 1 is 1.21 bits per heavy atom. The number of hydrogen-bond acceptors (Lipinski definition) is 2. The van der Waals surface area contributed by atoms with E-state index in [0.29, 0.717) is 0 Å². The SMILES string of the molecule is Cn1cnc(-c2ccc(Br)cn2)c1C[C]1CCCC1. The number of aromatic nitrogens is 3. The van der Waals surface area contributed by atoms with Crippen LogP contribution in [-0.4, -0.2) is 14.5 Å². The normalized spacial score (nSPS) is 16.1. The van der Waals surface area contributed by atoms with Crippen molar-refractivity contribution in [2.24, 2.45) is 7.05 Å². The second-order valence-corrected chi connectivity index (χ2v) is 6.06. The van der Waals surface area contributed by atoms with Gasteiger partial charge in [-0.15, -0.1) is 0 Å². The maximum Gasteiger partial charge on any atom is 0.110 e. The second kappa shape index (κ2) is 5.45. The van der Waals surface area contributed by atoms with E-state index in [0.717, 1.165) is 22.3 Å². The number of rotatable bonds is 3. The standard InChI is InChI=1S/C15H17BrN3/c1-19-10-18-15(13-7-6-12(16)9-17-13)14(19)8-11-4-2-3-5-11/h6-7,9-10H,2-5,8H2,1H3. The largest absolute Gasteiger partial charge is 0.337 e. The fourth-order valence-corrected chi connectivity index (χ4v) is 2.92. The minimum atomic E-state index is 0.956. The highest BCUT2D eigenvalue weighted by Gasteiger charge is 2.20. The van der Waals surface area contributed by atoms with Gasteiger partial charge in [0.2, 0.25) is 0 Å². The lowest BCUT2D eigenvalue weighted by Gasteiger charge is -2.10. The molecule has 1 aliphatic rings. The molecule has 0 bridgehead atoms. The van der Waals surface area contributed by atoms with E-state index >= 15 is 0 Å². The number of nitrogens with zero attached hydrogens (tertiary/aromatic N) is 3. The third-order valence-electron chi connectivity index (χ3n) is 3.76. The highest BCUT2D eigenvalue weighted by Crippen LogP contribution is 2.32. The molecule has 2 aromatic rings. The minimum absolute atomic E-state index is 0.956. The summed E-state index contributed by atoms with van der Waals surface area (Å²) >= 11 is 3.42. The number of aryl methyl sites for hydroxylation is 1. The number of imidazole rings is 1. The number of pyridine rings is 1. The van der Waals surface area contributed by atoms with Crippen LogP contribution in [0.1, 0.15) is 31.4 Å². The van der Waals surface area contributed by atoms with Crippen molar-refractivity contribution in [1.82, 2.24) is 14.5 Å². The van der Waals surface area contributed by atoms with Crippen molar-refractivity contribution in [3.05, 3.63) is 40.7 Å².